The van der Waals surface area contributed by atoms with Crippen LogP contribution in [0, 0.1) is 5.92 Å². The van der Waals surface area contributed by atoms with Crippen LogP contribution >= 0.6 is 0 Å². The monoisotopic (exact) mass is 219 g/mol. The van der Waals surface area contributed by atoms with Crippen LogP contribution < -0.4 is 5.32 Å². The zero-order valence-electron chi connectivity index (χ0n) is 8.04. The minimum Gasteiger partial charge on any atom is -0.477 e. The Bertz CT molecular complexity index is 329. The number of halogens is 2. The van der Waals surface area contributed by atoms with Gasteiger partial charge in [0.15, 0.2) is 0 Å². The van der Waals surface area contributed by atoms with Crippen molar-refractivity contribution in [2.75, 3.05) is 7.11 Å². The van der Waals surface area contributed by atoms with Crippen LogP contribution in [0.3, 0.4) is 0 Å². The summed E-state index contributed by atoms with van der Waals surface area (Å²) in [5, 5.41) is 11.3. The number of ether oxygens (including phenoxy) is 1. The minimum atomic E-state index is -2.89. The molecule has 0 bridgehead atoms. The van der Waals surface area contributed by atoms with Crippen molar-refractivity contribution in [1.82, 2.24) is 5.32 Å². The van der Waals surface area contributed by atoms with Crippen LogP contribution in [0.4, 0.5) is 8.78 Å². The van der Waals surface area contributed by atoms with Gasteiger partial charge in [-0.1, -0.05) is 0 Å². The molecule has 0 aromatic rings. The SMILES string of the molecule is COC1C2C=C(C(=O)O)NC2CC1(F)F. The lowest BCUT2D eigenvalue weighted by molar-refractivity contribution is -0.133. The summed E-state index contributed by atoms with van der Waals surface area (Å²) in [6.07, 6.45) is -0.294. The highest BCUT2D eigenvalue weighted by Crippen LogP contribution is 2.44. The number of carboxylic acids is 1. The molecule has 1 aliphatic heterocycles. The highest BCUT2D eigenvalue weighted by Gasteiger charge is 2.57. The van der Waals surface area contributed by atoms with E-state index in [-0.39, 0.29) is 12.1 Å². The molecule has 4 nitrogen and oxygen atoms in total. The van der Waals surface area contributed by atoms with Crippen molar-refractivity contribution in [1.29, 1.82) is 0 Å². The zero-order chi connectivity index (χ0) is 11.2. The van der Waals surface area contributed by atoms with Gasteiger partial charge in [0, 0.05) is 25.5 Å². The normalized spacial score (nSPS) is 37.0. The number of fused-ring (bicyclic) bond motifs is 1. The molecule has 1 heterocycles. The number of nitrogens with one attached hydrogen (secondary N) is 1. The maximum absolute atomic E-state index is 13.3. The second kappa shape index (κ2) is 3.16. The van der Waals surface area contributed by atoms with Crippen LogP contribution in [-0.2, 0) is 9.53 Å². The number of rotatable bonds is 2. The molecule has 3 unspecified atom stereocenters. The highest BCUT2D eigenvalue weighted by atomic mass is 19.3. The van der Waals surface area contributed by atoms with Crippen LogP contribution in [0.25, 0.3) is 0 Å². The van der Waals surface area contributed by atoms with Crippen molar-refractivity contribution in [2.24, 2.45) is 5.92 Å². The molecule has 1 saturated carbocycles. The molecule has 84 valence electrons. The third-order valence-corrected chi connectivity index (χ3v) is 2.91. The fourth-order valence-corrected chi connectivity index (χ4v) is 2.29. The van der Waals surface area contributed by atoms with E-state index in [1.807, 2.05) is 0 Å². The topological polar surface area (TPSA) is 58.6 Å². The first-order chi connectivity index (χ1) is 6.95. The summed E-state index contributed by atoms with van der Waals surface area (Å²) < 4.78 is 31.4. The lowest BCUT2D eigenvalue weighted by atomic mass is 10.0. The van der Waals surface area contributed by atoms with Crippen molar-refractivity contribution >= 4 is 5.97 Å². The number of aliphatic carboxylic acids is 1. The molecule has 0 radical (unpaired) electrons. The van der Waals surface area contributed by atoms with Gasteiger partial charge in [0.25, 0.3) is 5.92 Å². The van der Waals surface area contributed by atoms with Gasteiger partial charge < -0.3 is 15.2 Å². The fraction of sp³-hybridized carbons (Fsp3) is 0.667. The van der Waals surface area contributed by atoms with E-state index in [2.05, 4.69) is 5.32 Å². The first kappa shape index (κ1) is 10.4. The Labute approximate surface area is 84.9 Å². The lowest BCUT2D eigenvalue weighted by Crippen LogP contribution is -2.33. The summed E-state index contributed by atoms with van der Waals surface area (Å²) in [5.74, 6) is -4.57. The van der Waals surface area contributed by atoms with Crippen LogP contribution in [0.1, 0.15) is 6.42 Å². The van der Waals surface area contributed by atoms with Gasteiger partial charge in [-0.05, 0) is 6.08 Å². The number of carbonyl (C=O) groups is 1. The van der Waals surface area contributed by atoms with Crippen molar-refractivity contribution in [2.45, 2.75) is 24.5 Å². The summed E-state index contributed by atoms with van der Waals surface area (Å²) in [7, 11) is 1.22. The van der Waals surface area contributed by atoms with E-state index in [4.69, 9.17) is 9.84 Å². The van der Waals surface area contributed by atoms with Gasteiger partial charge in [0.05, 0.1) is 0 Å². The van der Waals surface area contributed by atoms with Crippen LogP contribution in [-0.4, -0.2) is 36.3 Å². The molecule has 15 heavy (non-hydrogen) atoms. The molecule has 2 aliphatic rings. The van der Waals surface area contributed by atoms with Crippen LogP contribution in [0.15, 0.2) is 11.8 Å². The molecule has 2 N–H and O–H groups in total. The Hall–Kier alpha value is -1.17. The zero-order valence-corrected chi connectivity index (χ0v) is 8.04. The maximum atomic E-state index is 13.3. The third kappa shape index (κ3) is 1.49. The molecule has 0 amide bonds. The highest BCUT2D eigenvalue weighted by molar-refractivity contribution is 5.86. The third-order valence-electron chi connectivity index (χ3n) is 2.91. The minimum absolute atomic E-state index is 0.0115. The van der Waals surface area contributed by atoms with Crippen molar-refractivity contribution < 1.29 is 23.4 Å². The Morgan fingerprint density at radius 2 is 2.40 bits per heavy atom. The summed E-state index contributed by atoms with van der Waals surface area (Å²) in [6, 6.07) is -0.531. The van der Waals surface area contributed by atoms with Crippen LogP contribution in [0.5, 0.6) is 0 Å². The number of methoxy groups -OCH3 is 1. The standard InChI is InChI=1S/C9H11F2NO3/c1-15-7-4-2-5(8(13)14)12-6(4)3-9(7,10)11/h2,4,6-7,12H,3H2,1H3,(H,13,14). The average Bonchev–Trinajstić information content (AvgIpc) is 2.57. The molecular weight excluding hydrogens is 208 g/mol. The Balaban J connectivity index is 2.23. The second-order valence-corrected chi connectivity index (χ2v) is 3.84. The number of hydrogen-bond acceptors (Lipinski definition) is 3. The number of hydrogen-bond donors (Lipinski definition) is 2. The second-order valence-electron chi connectivity index (χ2n) is 3.84. The summed E-state index contributed by atoms with van der Waals surface area (Å²) >= 11 is 0. The molecule has 0 spiro atoms. The van der Waals surface area contributed by atoms with E-state index >= 15 is 0 Å². The van der Waals surface area contributed by atoms with Gasteiger partial charge in [-0.2, -0.15) is 0 Å². The molecule has 3 atom stereocenters. The Morgan fingerprint density at radius 3 is 2.93 bits per heavy atom. The Morgan fingerprint density at radius 1 is 1.73 bits per heavy atom. The van der Waals surface area contributed by atoms with E-state index in [0.717, 1.165) is 0 Å². The van der Waals surface area contributed by atoms with Gasteiger partial charge >= 0.3 is 5.97 Å². The summed E-state index contributed by atoms with van der Waals surface area (Å²) in [4.78, 5) is 10.6. The van der Waals surface area contributed by atoms with E-state index < -0.39 is 30.0 Å². The van der Waals surface area contributed by atoms with Gasteiger partial charge in [-0.3, -0.25) is 0 Å². The van der Waals surface area contributed by atoms with Gasteiger partial charge in [-0.25, -0.2) is 13.6 Å². The molecule has 1 aliphatic carbocycles. The molecule has 0 aromatic carbocycles. The average molecular weight is 219 g/mol. The lowest BCUT2D eigenvalue weighted by Gasteiger charge is -2.19. The van der Waals surface area contributed by atoms with E-state index in [0.29, 0.717) is 0 Å². The van der Waals surface area contributed by atoms with Gasteiger partial charge in [0.1, 0.15) is 11.8 Å². The maximum Gasteiger partial charge on any atom is 0.351 e. The first-order valence-electron chi connectivity index (χ1n) is 4.58. The molecule has 0 aromatic heterocycles. The number of alkyl halides is 2. The van der Waals surface area contributed by atoms with Crippen molar-refractivity contribution in [3.63, 3.8) is 0 Å². The summed E-state index contributed by atoms with van der Waals surface area (Å²) in [6.45, 7) is 0. The molecule has 1 fully saturated rings. The predicted octanol–water partition coefficient (Wildman–Crippen LogP) is 0.597. The first-order valence-corrected chi connectivity index (χ1v) is 4.58. The molecule has 2 rings (SSSR count). The fourth-order valence-electron chi connectivity index (χ4n) is 2.29. The van der Waals surface area contributed by atoms with E-state index in [1.165, 1.54) is 13.2 Å². The molecular formula is C9H11F2NO3. The molecule has 0 saturated heterocycles. The van der Waals surface area contributed by atoms with Crippen molar-refractivity contribution in [3.05, 3.63) is 11.8 Å². The van der Waals surface area contributed by atoms with Crippen LogP contribution in [0.2, 0.25) is 0 Å². The van der Waals surface area contributed by atoms with E-state index in [9.17, 15) is 13.6 Å². The quantitative estimate of drug-likeness (QED) is 0.714. The van der Waals surface area contributed by atoms with Crippen molar-refractivity contribution in [3.8, 4) is 0 Å². The predicted molar refractivity (Wildman–Crippen MR) is 46.5 cm³/mol. The van der Waals surface area contributed by atoms with Gasteiger partial charge in [0.2, 0.25) is 0 Å². The smallest absolute Gasteiger partial charge is 0.351 e. The largest absolute Gasteiger partial charge is 0.477 e. The number of carboxylic acid groups (broad SMARTS) is 1. The van der Waals surface area contributed by atoms with E-state index in [1.54, 1.807) is 0 Å². The summed E-state index contributed by atoms with van der Waals surface area (Å²) in [5.41, 5.74) is -0.0115. The Kier molecular flexibility index (Phi) is 2.18. The van der Waals surface area contributed by atoms with Gasteiger partial charge in [-0.15, -0.1) is 0 Å². The molecule has 6 heteroatoms.